The molecule has 20 heavy (non-hydrogen) atoms. The highest BCUT2D eigenvalue weighted by molar-refractivity contribution is 6.02. The van der Waals surface area contributed by atoms with E-state index in [1.807, 2.05) is 6.92 Å². The predicted octanol–water partition coefficient (Wildman–Crippen LogP) is 0.341. The van der Waals surface area contributed by atoms with Gasteiger partial charge in [-0.25, -0.2) is 9.67 Å². The van der Waals surface area contributed by atoms with Gasteiger partial charge in [0.25, 0.3) is 5.91 Å². The monoisotopic (exact) mass is 270 g/mol. The Balaban J connectivity index is 1.75. The lowest BCUT2D eigenvalue weighted by atomic mass is 10.3. The summed E-state index contributed by atoms with van der Waals surface area (Å²) in [5, 5.41) is 20.9. The second kappa shape index (κ2) is 4.88. The zero-order valence-electron chi connectivity index (χ0n) is 10.5. The molecule has 0 aliphatic rings. The van der Waals surface area contributed by atoms with Gasteiger partial charge < -0.3 is 5.32 Å². The van der Waals surface area contributed by atoms with Gasteiger partial charge in [0.1, 0.15) is 12.7 Å². The van der Waals surface area contributed by atoms with E-state index in [9.17, 15) is 4.79 Å². The van der Waals surface area contributed by atoms with Crippen molar-refractivity contribution in [3.05, 3.63) is 42.2 Å². The molecule has 0 radical (unpaired) electrons. The summed E-state index contributed by atoms with van der Waals surface area (Å²) in [6, 6.07) is 4.90. The zero-order valence-corrected chi connectivity index (χ0v) is 10.5. The third kappa shape index (κ3) is 2.36. The maximum absolute atomic E-state index is 11.9. The average molecular weight is 270 g/mol. The minimum Gasteiger partial charge on any atom is -0.304 e. The fourth-order valence-electron chi connectivity index (χ4n) is 1.56. The van der Waals surface area contributed by atoms with Crippen molar-refractivity contribution in [3.8, 4) is 5.82 Å². The number of aryl methyl sites for hydroxylation is 1. The molecule has 3 aromatic heterocycles. The van der Waals surface area contributed by atoms with E-state index in [0.29, 0.717) is 11.6 Å². The van der Waals surface area contributed by atoms with Crippen molar-refractivity contribution >= 4 is 11.7 Å². The minimum atomic E-state index is -0.380. The Labute approximate surface area is 113 Å². The number of amides is 1. The summed E-state index contributed by atoms with van der Waals surface area (Å²) in [6.45, 7) is 1.84. The molecule has 0 spiro atoms. The highest BCUT2D eigenvalue weighted by Gasteiger charge is 2.10. The smallest absolute Gasteiger partial charge is 0.277 e. The van der Waals surface area contributed by atoms with Crippen LogP contribution in [0.2, 0.25) is 0 Å². The van der Waals surface area contributed by atoms with Crippen LogP contribution in [0.1, 0.15) is 16.2 Å². The number of nitrogens with zero attached hydrogens (tertiary/aromatic N) is 6. The summed E-state index contributed by atoms with van der Waals surface area (Å²) < 4.78 is 1.45. The quantitative estimate of drug-likeness (QED) is 0.709. The molecule has 3 rings (SSSR count). The minimum absolute atomic E-state index is 0.189. The van der Waals surface area contributed by atoms with Gasteiger partial charge in [0.15, 0.2) is 17.3 Å². The molecule has 100 valence electrons. The molecule has 0 aliphatic heterocycles. The topological polar surface area (TPSA) is 114 Å². The number of rotatable bonds is 3. The van der Waals surface area contributed by atoms with Crippen molar-refractivity contribution in [2.24, 2.45) is 0 Å². The normalized spacial score (nSPS) is 10.4. The van der Waals surface area contributed by atoms with Crippen LogP contribution in [0.4, 0.5) is 5.82 Å². The summed E-state index contributed by atoms with van der Waals surface area (Å²) in [4.78, 5) is 15.7. The van der Waals surface area contributed by atoms with Crippen molar-refractivity contribution < 1.29 is 4.79 Å². The molecule has 0 fully saturated rings. The molecule has 3 heterocycles. The lowest BCUT2D eigenvalue weighted by Gasteiger charge is -2.01. The fourth-order valence-corrected chi connectivity index (χ4v) is 1.56. The van der Waals surface area contributed by atoms with Gasteiger partial charge in [-0.15, -0.1) is 10.2 Å². The number of aromatic nitrogens is 7. The average Bonchev–Trinajstić information content (AvgIpc) is 3.11. The number of nitrogens with one attached hydrogen (secondary N) is 2. The Morgan fingerprint density at radius 3 is 2.85 bits per heavy atom. The van der Waals surface area contributed by atoms with Crippen LogP contribution in [-0.2, 0) is 0 Å². The van der Waals surface area contributed by atoms with Crippen molar-refractivity contribution in [1.29, 1.82) is 0 Å². The van der Waals surface area contributed by atoms with Crippen LogP contribution in [0.15, 0.2) is 30.9 Å². The van der Waals surface area contributed by atoms with Crippen molar-refractivity contribution in [3.63, 3.8) is 0 Å². The lowest BCUT2D eigenvalue weighted by molar-refractivity contribution is 0.102. The highest BCUT2D eigenvalue weighted by Crippen LogP contribution is 2.07. The molecule has 0 aromatic carbocycles. The number of anilines is 1. The molecule has 9 heteroatoms. The van der Waals surface area contributed by atoms with Crippen molar-refractivity contribution in [2.75, 3.05) is 5.32 Å². The fraction of sp³-hybridized carbons (Fsp3) is 0.0909. The molecule has 1 amide bonds. The first kappa shape index (κ1) is 12.0. The van der Waals surface area contributed by atoms with Gasteiger partial charge in [-0.3, -0.25) is 9.89 Å². The number of aromatic amines is 1. The SMILES string of the molecule is Cc1cc(NC(=O)c2ccc(-n3cncn3)nn2)n[nH]1. The summed E-state index contributed by atoms with van der Waals surface area (Å²) in [7, 11) is 0. The molecule has 0 aliphatic carbocycles. The summed E-state index contributed by atoms with van der Waals surface area (Å²) >= 11 is 0. The molecule has 0 unspecified atom stereocenters. The van der Waals surface area contributed by atoms with Crippen LogP contribution in [0.25, 0.3) is 5.82 Å². The Morgan fingerprint density at radius 2 is 2.25 bits per heavy atom. The standard InChI is InChI=1S/C11H10N8O/c1-7-4-9(17-15-7)14-11(20)8-2-3-10(18-16-8)19-6-12-5-13-19/h2-6H,1H3,(H2,14,15,17,20). The van der Waals surface area contributed by atoms with E-state index in [-0.39, 0.29) is 11.6 Å². The van der Waals surface area contributed by atoms with Gasteiger partial charge in [0.05, 0.1) is 0 Å². The van der Waals surface area contributed by atoms with Crippen molar-refractivity contribution in [1.82, 2.24) is 35.2 Å². The number of hydrogen-bond acceptors (Lipinski definition) is 6. The van der Waals surface area contributed by atoms with Crippen molar-refractivity contribution in [2.45, 2.75) is 6.92 Å². The van der Waals surface area contributed by atoms with Crippen LogP contribution >= 0.6 is 0 Å². The Morgan fingerprint density at radius 1 is 1.35 bits per heavy atom. The zero-order chi connectivity index (χ0) is 13.9. The lowest BCUT2D eigenvalue weighted by Crippen LogP contribution is -2.15. The molecule has 0 bridgehead atoms. The molecule has 0 saturated heterocycles. The van der Waals surface area contributed by atoms with Crippen LogP contribution in [0.5, 0.6) is 0 Å². The second-order valence-corrected chi connectivity index (χ2v) is 4.01. The molecule has 3 aromatic rings. The molecule has 9 nitrogen and oxygen atoms in total. The molecular formula is C11H10N8O. The number of carbonyl (C=O) groups excluding carboxylic acids is 1. The van der Waals surface area contributed by atoms with E-state index >= 15 is 0 Å². The number of hydrogen-bond donors (Lipinski definition) is 2. The summed E-state index contributed by atoms with van der Waals surface area (Å²) in [5.41, 5.74) is 1.04. The third-order valence-electron chi connectivity index (χ3n) is 2.48. The van der Waals surface area contributed by atoms with Gasteiger partial charge in [0, 0.05) is 11.8 Å². The van der Waals surface area contributed by atoms with Gasteiger partial charge in [-0.05, 0) is 19.1 Å². The molecule has 2 N–H and O–H groups in total. The van der Waals surface area contributed by atoms with Gasteiger partial charge >= 0.3 is 0 Å². The van der Waals surface area contributed by atoms with Crippen LogP contribution in [0.3, 0.4) is 0 Å². The first-order valence-corrected chi connectivity index (χ1v) is 5.74. The van der Waals surface area contributed by atoms with E-state index in [1.165, 1.54) is 17.3 Å². The van der Waals surface area contributed by atoms with Gasteiger partial charge in [-0.1, -0.05) is 0 Å². The van der Waals surface area contributed by atoms with E-state index < -0.39 is 0 Å². The van der Waals surface area contributed by atoms with Crippen LogP contribution in [-0.4, -0.2) is 41.1 Å². The predicted molar refractivity (Wildman–Crippen MR) is 68.2 cm³/mol. The maximum Gasteiger partial charge on any atom is 0.277 e. The Hall–Kier alpha value is -3.10. The maximum atomic E-state index is 11.9. The Kier molecular flexibility index (Phi) is 2.92. The molecule has 0 atom stereocenters. The Bertz CT molecular complexity index is 715. The summed E-state index contributed by atoms with van der Waals surface area (Å²) in [6.07, 6.45) is 2.89. The van der Waals surface area contributed by atoms with E-state index in [4.69, 9.17) is 0 Å². The first-order valence-electron chi connectivity index (χ1n) is 5.74. The number of carbonyl (C=O) groups is 1. The molecular weight excluding hydrogens is 260 g/mol. The van der Waals surface area contributed by atoms with E-state index in [0.717, 1.165) is 5.69 Å². The second-order valence-electron chi connectivity index (χ2n) is 4.01. The number of H-pyrrole nitrogens is 1. The third-order valence-corrected chi connectivity index (χ3v) is 2.48. The van der Waals surface area contributed by atoms with Gasteiger partial charge in [-0.2, -0.15) is 10.2 Å². The largest absolute Gasteiger partial charge is 0.304 e. The van der Waals surface area contributed by atoms with Crippen LogP contribution < -0.4 is 5.32 Å². The molecule has 0 saturated carbocycles. The van der Waals surface area contributed by atoms with Gasteiger partial charge in [0.2, 0.25) is 0 Å². The summed E-state index contributed by atoms with van der Waals surface area (Å²) in [5.74, 6) is 0.540. The first-order chi connectivity index (χ1) is 9.72. The van der Waals surface area contributed by atoms with Crippen LogP contribution in [0, 0.1) is 6.92 Å². The van der Waals surface area contributed by atoms with E-state index in [2.05, 4.69) is 35.8 Å². The highest BCUT2D eigenvalue weighted by atomic mass is 16.2. The van der Waals surface area contributed by atoms with E-state index in [1.54, 1.807) is 18.2 Å².